The van der Waals surface area contributed by atoms with Gasteiger partial charge in [-0.2, -0.15) is 13.2 Å². The van der Waals surface area contributed by atoms with E-state index in [1.807, 2.05) is 17.5 Å². The SMILES string of the molecule is O=C(C=Cc1cccs1)c1cccc(C(F)(F)F)c1. The zero-order valence-electron chi connectivity index (χ0n) is 9.65. The molecule has 0 spiro atoms. The van der Waals surface area contributed by atoms with E-state index in [1.165, 1.54) is 29.5 Å². The molecule has 5 heteroatoms. The first-order valence-corrected chi connectivity index (χ1v) is 6.28. The molecule has 0 aliphatic heterocycles. The summed E-state index contributed by atoms with van der Waals surface area (Å²) in [6.45, 7) is 0. The Bertz CT molecular complexity index is 597. The van der Waals surface area contributed by atoms with Crippen molar-refractivity contribution in [1.29, 1.82) is 0 Å². The van der Waals surface area contributed by atoms with Gasteiger partial charge in [0.25, 0.3) is 0 Å². The highest BCUT2D eigenvalue weighted by molar-refractivity contribution is 7.10. The second-order valence-electron chi connectivity index (χ2n) is 3.79. The quantitative estimate of drug-likeness (QED) is 0.591. The predicted octanol–water partition coefficient (Wildman–Crippen LogP) is 4.66. The monoisotopic (exact) mass is 282 g/mol. The first kappa shape index (κ1) is 13.5. The van der Waals surface area contributed by atoms with Crippen molar-refractivity contribution in [2.24, 2.45) is 0 Å². The highest BCUT2D eigenvalue weighted by atomic mass is 32.1. The van der Waals surface area contributed by atoms with Crippen LogP contribution >= 0.6 is 11.3 Å². The summed E-state index contributed by atoms with van der Waals surface area (Å²) >= 11 is 1.45. The highest BCUT2D eigenvalue weighted by Gasteiger charge is 2.30. The summed E-state index contributed by atoms with van der Waals surface area (Å²) in [5.74, 6) is -0.445. The molecule has 0 atom stereocenters. The number of thiophene rings is 1. The zero-order valence-corrected chi connectivity index (χ0v) is 10.5. The molecule has 1 heterocycles. The Morgan fingerprint density at radius 1 is 1.16 bits per heavy atom. The van der Waals surface area contributed by atoms with Crippen molar-refractivity contribution in [2.75, 3.05) is 0 Å². The molecule has 1 aromatic carbocycles. The van der Waals surface area contributed by atoms with Gasteiger partial charge in [0.2, 0.25) is 0 Å². The fourth-order valence-corrected chi connectivity index (χ4v) is 2.11. The topological polar surface area (TPSA) is 17.1 Å². The van der Waals surface area contributed by atoms with Gasteiger partial charge in [0.15, 0.2) is 5.78 Å². The molecular weight excluding hydrogens is 273 g/mol. The molecule has 0 radical (unpaired) electrons. The Labute approximate surface area is 112 Å². The van der Waals surface area contributed by atoms with E-state index in [0.717, 1.165) is 17.0 Å². The number of hydrogen-bond acceptors (Lipinski definition) is 2. The average Bonchev–Trinajstić information content (AvgIpc) is 2.88. The number of rotatable bonds is 3. The highest BCUT2D eigenvalue weighted by Crippen LogP contribution is 2.29. The lowest BCUT2D eigenvalue weighted by Crippen LogP contribution is -2.06. The Kier molecular flexibility index (Phi) is 3.85. The minimum absolute atomic E-state index is 0.0302. The first-order valence-electron chi connectivity index (χ1n) is 5.40. The van der Waals surface area contributed by atoms with Crippen molar-refractivity contribution in [3.8, 4) is 0 Å². The van der Waals surface area contributed by atoms with Gasteiger partial charge in [-0.25, -0.2) is 0 Å². The third kappa shape index (κ3) is 3.54. The van der Waals surface area contributed by atoms with Gasteiger partial charge in [0.1, 0.15) is 0 Å². The van der Waals surface area contributed by atoms with Crippen LogP contribution in [0.25, 0.3) is 6.08 Å². The fourth-order valence-electron chi connectivity index (χ4n) is 1.49. The number of ketones is 1. The van der Waals surface area contributed by atoms with Crippen molar-refractivity contribution in [2.45, 2.75) is 6.18 Å². The minimum Gasteiger partial charge on any atom is -0.289 e. The van der Waals surface area contributed by atoms with Gasteiger partial charge in [0.05, 0.1) is 5.56 Å². The van der Waals surface area contributed by atoms with Gasteiger partial charge in [-0.15, -0.1) is 11.3 Å². The molecule has 0 saturated heterocycles. The van der Waals surface area contributed by atoms with E-state index >= 15 is 0 Å². The summed E-state index contributed by atoms with van der Waals surface area (Å²) in [6.07, 6.45) is -1.57. The van der Waals surface area contributed by atoms with Crippen LogP contribution in [0.5, 0.6) is 0 Å². The second kappa shape index (κ2) is 5.40. The molecule has 0 saturated carbocycles. The lowest BCUT2D eigenvalue weighted by Gasteiger charge is -2.06. The maximum atomic E-state index is 12.5. The van der Waals surface area contributed by atoms with Gasteiger partial charge >= 0.3 is 6.18 Å². The van der Waals surface area contributed by atoms with Crippen molar-refractivity contribution in [3.63, 3.8) is 0 Å². The van der Waals surface area contributed by atoms with E-state index in [-0.39, 0.29) is 5.56 Å². The fraction of sp³-hybridized carbons (Fsp3) is 0.0714. The first-order chi connectivity index (χ1) is 8.97. The van der Waals surface area contributed by atoms with Crippen LogP contribution in [0.1, 0.15) is 20.8 Å². The second-order valence-corrected chi connectivity index (χ2v) is 4.77. The van der Waals surface area contributed by atoms with Crippen molar-refractivity contribution in [3.05, 3.63) is 63.9 Å². The molecule has 0 aliphatic carbocycles. The van der Waals surface area contributed by atoms with Gasteiger partial charge in [0, 0.05) is 10.4 Å². The van der Waals surface area contributed by atoms with E-state index in [1.54, 1.807) is 6.08 Å². The number of carbonyl (C=O) groups excluding carboxylic acids is 1. The van der Waals surface area contributed by atoms with Crippen LogP contribution in [0, 0.1) is 0 Å². The van der Waals surface area contributed by atoms with Gasteiger partial charge in [-0.1, -0.05) is 18.2 Å². The molecule has 0 N–H and O–H groups in total. The summed E-state index contributed by atoms with van der Waals surface area (Å²) in [5, 5.41) is 1.86. The molecule has 1 nitrogen and oxygen atoms in total. The number of halogens is 3. The zero-order chi connectivity index (χ0) is 13.9. The minimum atomic E-state index is -4.44. The van der Waals surface area contributed by atoms with Crippen LogP contribution in [-0.4, -0.2) is 5.78 Å². The maximum absolute atomic E-state index is 12.5. The molecular formula is C14H9F3OS. The molecule has 0 unspecified atom stereocenters. The lowest BCUT2D eigenvalue weighted by molar-refractivity contribution is -0.137. The Morgan fingerprint density at radius 2 is 1.95 bits per heavy atom. The van der Waals surface area contributed by atoms with Crippen LogP contribution in [0.15, 0.2) is 47.9 Å². The van der Waals surface area contributed by atoms with E-state index in [9.17, 15) is 18.0 Å². The predicted molar refractivity (Wildman–Crippen MR) is 69.1 cm³/mol. The normalized spacial score (nSPS) is 11.9. The molecule has 0 amide bonds. The third-order valence-electron chi connectivity index (χ3n) is 2.42. The summed E-state index contributed by atoms with van der Waals surface area (Å²) in [5.41, 5.74) is -0.787. The Balaban J connectivity index is 2.20. The summed E-state index contributed by atoms with van der Waals surface area (Å²) in [4.78, 5) is 12.6. The van der Waals surface area contributed by atoms with E-state index in [4.69, 9.17) is 0 Å². The van der Waals surface area contributed by atoms with Crippen LogP contribution in [-0.2, 0) is 6.18 Å². The standard InChI is InChI=1S/C14H9F3OS/c15-14(16,17)11-4-1-3-10(9-11)13(18)7-6-12-5-2-8-19-12/h1-9H. The molecule has 0 bridgehead atoms. The number of benzene rings is 1. The van der Waals surface area contributed by atoms with Gasteiger partial charge < -0.3 is 0 Å². The smallest absolute Gasteiger partial charge is 0.289 e. The molecule has 1 aromatic heterocycles. The largest absolute Gasteiger partial charge is 0.416 e. The Morgan fingerprint density at radius 3 is 2.58 bits per heavy atom. The van der Waals surface area contributed by atoms with Crippen LogP contribution < -0.4 is 0 Å². The molecule has 2 aromatic rings. The molecule has 19 heavy (non-hydrogen) atoms. The number of alkyl halides is 3. The molecule has 2 rings (SSSR count). The third-order valence-corrected chi connectivity index (χ3v) is 3.25. The van der Waals surface area contributed by atoms with Crippen molar-refractivity contribution >= 4 is 23.2 Å². The summed E-state index contributed by atoms with van der Waals surface area (Å²) in [6, 6.07) is 8.06. The van der Waals surface area contributed by atoms with Gasteiger partial charge in [-0.05, 0) is 35.7 Å². The summed E-state index contributed by atoms with van der Waals surface area (Å²) < 4.78 is 37.5. The number of carbonyl (C=O) groups is 1. The lowest BCUT2D eigenvalue weighted by atomic mass is 10.1. The molecule has 0 fully saturated rings. The maximum Gasteiger partial charge on any atom is 0.416 e. The average molecular weight is 282 g/mol. The summed E-state index contributed by atoms with van der Waals surface area (Å²) in [7, 11) is 0. The molecule has 98 valence electrons. The van der Waals surface area contributed by atoms with Crippen LogP contribution in [0.3, 0.4) is 0 Å². The van der Waals surface area contributed by atoms with Crippen molar-refractivity contribution < 1.29 is 18.0 Å². The Hall–Kier alpha value is -1.88. The van der Waals surface area contributed by atoms with Gasteiger partial charge in [-0.3, -0.25) is 4.79 Å². The van der Waals surface area contributed by atoms with Crippen LogP contribution in [0.2, 0.25) is 0 Å². The van der Waals surface area contributed by atoms with Crippen LogP contribution in [0.4, 0.5) is 13.2 Å². The molecule has 0 aliphatic rings. The van der Waals surface area contributed by atoms with E-state index in [2.05, 4.69) is 0 Å². The van der Waals surface area contributed by atoms with E-state index in [0.29, 0.717) is 0 Å². The van der Waals surface area contributed by atoms with E-state index < -0.39 is 17.5 Å². The number of allylic oxidation sites excluding steroid dienone is 1. The van der Waals surface area contributed by atoms with Crippen molar-refractivity contribution in [1.82, 2.24) is 0 Å². The number of hydrogen-bond donors (Lipinski definition) is 0.